The van der Waals surface area contributed by atoms with E-state index in [1.54, 1.807) is 0 Å². The first kappa shape index (κ1) is 21.2. The van der Waals surface area contributed by atoms with Crippen LogP contribution in [0.2, 0.25) is 0 Å². The molecule has 0 spiro atoms. The molecule has 4 nitrogen and oxygen atoms in total. The molecule has 0 aliphatic heterocycles. The number of aryl methyl sites for hydroxylation is 2. The fourth-order valence-corrected chi connectivity index (χ4v) is 4.20. The Bertz CT molecular complexity index is 1320. The second-order valence-corrected chi connectivity index (χ2v) is 8.52. The molecule has 166 valence electrons. The maximum absolute atomic E-state index is 6.28. The van der Waals surface area contributed by atoms with E-state index >= 15 is 0 Å². The average Bonchev–Trinajstić information content (AvgIpc) is 3.27. The lowest BCUT2D eigenvalue weighted by molar-refractivity contribution is 0.302. The van der Waals surface area contributed by atoms with E-state index in [4.69, 9.17) is 4.74 Å². The molecule has 2 N–H and O–H groups in total. The lowest BCUT2D eigenvalue weighted by Crippen LogP contribution is -2.16. The third-order valence-electron chi connectivity index (χ3n) is 6.02. The summed E-state index contributed by atoms with van der Waals surface area (Å²) in [7, 11) is 0. The van der Waals surface area contributed by atoms with Crippen molar-refractivity contribution in [1.29, 1.82) is 0 Å². The number of imidazole rings is 1. The van der Waals surface area contributed by atoms with Crippen LogP contribution in [0.25, 0.3) is 21.8 Å². The van der Waals surface area contributed by atoms with Gasteiger partial charge in [0.1, 0.15) is 18.2 Å². The second-order valence-electron chi connectivity index (χ2n) is 8.52. The molecule has 4 aromatic carbocycles. The molecule has 5 rings (SSSR count). The van der Waals surface area contributed by atoms with Crippen molar-refractivity contribution in [2.24, 2.45) is 0 Å². The maximum atomic E-state index is 6.28. The smallest absolute Gasteiger partial charge is 0.124 e. The highest BCUT2D eigenvalue weighted by atomic mass is 16.5. The molecule has 1 heterocycles. The first-order chi connectivity index (χ1) is 16.3. The van der Waals surface area contributed by atoms with Crippen molar-refractivity contribution in [2.75, 3.05) is 6.54 Å². The molecule has 0 atom stereocenters. The number of benzene rings is 4. The molecule has 0 amide bonds. The van der Waals surface area contributed by atoms with Crippen molar-refractivity contribution in [3.05, 3.63) is 107 Å². The number of ether oxygens (including phenoxy) is 1. The molecule has 1 aromatic heterocycles. The molecule has 4 heteroatoms. The standard InChI is InChI=1S/C29H29N3O/c1-21-12-14-22(15-13-21)20-33-28-17-16-23-7-2-3-8-24(23)25(28)19-30-18-6-11-29-31-26-9-4-5-10-27(26)32-29/h2-5,7-10,12-17,30H,6,11,18-20H2,1H3,(H,31,32). The van der Waals surface area contributed by atoms with Crippen LogP contribution in [0.4, 0.5) is 0 Å². The Morgan fingerprint density at radius 2 is 1.70 bits per heavy atom. The summed E-state index contributed by atoms with van der Waals surface area (Å²) in [5, 5.41) is 6.10. The fraction of sp³-hybridized carbons (Fsp3) is 0.207. The minimum absolute atomic E-state index is 0.567. The highest BCUT2D eigenvalue weighted by Crippen LogP contribution is 2.29. The van der Waals surface area contributed by atoms with E-state index in [2.05, 4.69) is 88.9 Å². The van der Waals surface area contributed by atoms with Crippen LogP contribution < -0.4 is 10.1 Å². The number of aromatic amines is 1. The summed E-state index contributed by atoms with van der Waals surface area (Å²) < 4.78 is 6.28. The highest BCUT2D eigenvalue weighted by molar-refractivity contribution is 5.87. The molecule has 0 saturated heterocycles. The van der Waals surface area contributed by atoms with Gasteiger partial charge in [-0.15, -0.1) is 0 Å². The van der Waals surface area contributed by atoms with Crippen LogP contribution in [0, 0.1) is 6.92 Å². The van der Waals surface area contributed by atoms with E-state index in [-0.39, 0.29) is 0 Å². The summed E-state index contributed by atoms with van der Waals surface area (Å²) in [6.45, 7) is 4.35. The van der Waals surface area contributed by atoms with E-state index in [9.17, 15) is 0 Å². The van der Waals surface area contributed by atoms with E-state index in [1.807, 2.05) is 18.2 Å². The Kier molecular flexibility index (Phi) is 6.36. The van der Waals surface area contributed by atoms with E-state index in [0.29, 0.717) is 6.61 Å². The molecular weight excluding hydrogens is 406 g/mol. The summed E-state index contributed by atoms with van der Waals surface area (Å²) in [5.41, 5.74) is 5.79. The second kappa shape index (κ2) is 9.88. The average molecular weight is 436 g/mol. The molecule has 0 fully saturated rings. The summed E-state index contributed by atoms with van der Waals surface area (Å²) in [5.74, 6) is 1.99. The van der Waals surface area contributed by atoms with Crippen molar-refractivity contribution in [3.63, 3.8) is 0 Å². The topological polar surface area (TPSA) is 49.9 Å². The summed E-state index contributed by atoms with van der Waals surface area (Å²) >= 11 is 0. The van der Waals surface area contributed by atoms with E-state index < -0.39 is 0 Å². The molecule has 0 radical (unpaired) electrons. The first-order valence-corrected chi connectivity index (χ1v) is 11.6. The van der Waals surface area contributed by atoms with Gasteiger partial charge in [-0.2, -0.15) is 0 Å². The third kappa shape index (κ3) is 5.07. The molecule has 0 aliphatic carbocycles. The number of nitrogens with one attached hydrogen (secondary N) is 2. The van der Waals surface area contributed by atoms with Gasteiger partial charge in [0.05, 0.1) is 11.0 Å². The molecule has 0 aliphatic rings. The number of para-hydroxylation sites is 2. The quantitative estimate of drug-likeness (QED) is 0.266. The van der Waals surface area contributed by atoms with Gasteiger partial charge in [0.15, 0.2) is 0 Å². The summed E-state index contributed by atoms with van der Waals surface area (Å²) in [6.07, 6.45) is 1.94. The molecule has 0 saturated carbocycles. The zero-order chi connectivity index (χ0) is 22.5. The van der Waals surface area contributed by atoms with Crippen LogP contribution in [0.1, 0.15) is 28.9 Å². The van der Waals surface area contributed by atoms with Gasteiger partial charge in [0.25, 0.3) is 0 Å². The number of H-pyrrole nitrogens is 1. The number of hydrogen-bond acceptors (Lipinski definition) is 3. The van der Waals surface area contributed by atoms with Gasteiger partial charge in [0.2, 0.25) is 0 Å². The minimum Gasteiger partial charge on any atom is -0.489 e. The summed E-state index contributed by atoms with van der Waals surface area (Å²) in [6, 6.07) is 29.5. The SMILES string of the molecule is Cc1ccc(COc2ccc3ccccc3c2CNCCCc2nc3ccccc3[nH]2)cc1. The number of rotatable bonds is 9. The van der Waals surface area contributed by atoms with Crippen LogP contribution in [0.15, 0.2) is 84.9 Å². The third-order valence-corrected chi connectivity index (χ3v) is 6.02. The monoisotopic (exact) mass is 435 g/mol. The Balaban J connectivity index is 1.23. The number of fused-ring (bicyclic) bond motifs is 2. The lowest BCUT2D eigenvalue weighted by Gasteiger charge is -2.15. The Hall–Kier alpha value is -3.63. The van der Waals surface area contributed by atoms with Crippen LogP contribution in [0.5, 0.6) is 5.75 Å². The molecule has 0 bridgehead atoms. The largest absolute Gasteiger partial charge is 0.489 e. The predicted molar refractivity (Wildman–Crippen MR) is 136 cm³/mol. The van der Waals surface area contributed by atoms with Gasteiger partial charge in [-0.1, -0.05) is 72.3 Å². The molecule has 5 aromatic rings. The van der Waals surface area contributed by atoms with E-state index in [1.165, 1.54) is 27.5 Å². The zero-order valence-electron chi connectivity index (χ0n) is 19.0. The Labute approximate surface area is 194 Å². The molecular formula is C29H29N3O. The first-order valence-electron chi connectivity index (χ1n) is 11.6. The van der Waals surface area contributed by atoms with Gasteiger partial charge in [-0.3, -0.25) is 0 Å². The van der Waals surface area contributed by atoms with Crippen LogP contribution >= 0.6 is 0 Å². The molecule has 0 unspecified atom stereocenters. The highest BCUT2D eigenvalue weighted by Gasteiger charge is 2.10. The van der Waals surface area contributed by atoms with Gasteiger partial charge in [-0.05, 0) is 54.4 Å². The maximum Gasteiger partial charge on any atom is 0.124 e. The van der Waals surface area contributed by atoms with Crippen LogP contribution in [-0.4, -0.2) is 16.5 Å². The Morgan fingerprint density at radius 1 is 0.879 bits per heavy atom. The lowest BCUT2D eigenvalue weighted by atomic mass is 10.0. The van der Waals surface area contributed by atoms with E-state index in [0.717, 1.165) is 48.5 Å². The van der Waals surface area contributed by atoms with Crippen LogP contribution in [-0.2, 0) is 19.6 Å². The van der Waals surface area contributed by atoms with Crippen LogP contribution in [0.3, 0.4) is 0 Å². The predicted octanol–water partition coefficient (Wildman–Crippen LogP) is 6.33. The summed E-state index contributed by atoms with van der Waals surface area (Å²) in [4.78, 5) is 8.09. The van der Waals surface area contributed by atoms with Crippen molar-refractivity contribution < 1.29 is 4.74 Å². The van der Waals surface area contributed by atoms with Gasteiger partial charge in [-0.25, -0.2) is 4.98 Å². The zero-order valence-corrected chi connectivity index (χ0v) is 19.0. The number of nitrogens with zero attached hydrogens (tertiary/aromatic N) is 1. The number of hydrogen-bond donors (Lipinski definition) is 2. The normalized spacial score (nSPS) is 11.3. The fourth-order valence-electron chi connectivity index (χ4n) is 4.20. The van der Waals surface area contributed by atoms with Crippen molar-refractivity contribution in [2.45, 2.75) is 32.9 Å². The van der Waals surface area contributed by atoms with Crippen molar-refractivity contribution in [1.82, 2.24) is 15.3 Å². The van der Waals surface area contributed by atoms with Gasteiger partial charge < -0.3 is 15.0 Å². The van der Waals surface area contributed by atoms with Gasteiger partial charge in [0, 0.05) is 18.5 Å². The minimum atomic E-state index is 0.567. The van der Waals surface area contributed by atoms with Crippen molar-refractivity contribution >= 4 is 21.8 Å². The van der Waals surface area contributed by atoms with Gasteiger partial charge >= 0.3 is 0 Å². The Morgan fingerprint density at radius 3 is 2.58 bits per heavy atom. The molecule has 33 heavy (non-hydrogen) atoms. The van der Waals surface area contributed by atoms with Crippen molar-refractivity contribution in [3.8, 4) is 5.75 Å². The number of aromatic nitrogens is 2.